The molecule has 1 aliphatic heterocycles. The highest BCUT2D eigenvalue weighted by Crippen LogP contribution is 2.22. The highest BCUT2D eigenvalue weighted by Gasteiger charge is 2.29. The number of carbonyl (C=O) groups excluding carboxylic acids is 2. The molecule has 0 spiro atoms. The Bertz CT molecular complexity index is 498. The van der Waals surface area contributed by atoms with Gasteiger partial charge >= 0.3 is 5.97 Å². The normalized spacial score (nSPS) is 18.7. The summed E-state index contributed by atoms with van der Waals surface area (Å²) in [6, 6.07) is 7.55. The Labute approximate surface area is 119 Å². The molecular formula is C16H21NO3. The van der Waals surface area contributed by atoms with Crippen molar-refractivity contribution in [3.63, 3.8) is 0 Å². The molecule has 0 N–H and O–H groups in total. The molecule has 1 aliphatic rings. The third-order valence-electron chi connectivity index (χ3n) is 3.78. The summed E-state index contributed by atoms with van der Waals surface area (Å²) in [5, 5.41) is 0. The first-order valence-corrected chi connectivity index (χ1v) is 7.06. The van der Waals surface area contributed by atoms with Gasteiger partial charge in [-0.2, -0.15) is 0 Å². The Hall–Kier alpha value is -1.84. The number of likely N-dealkylation sites (tertiary alicyclic amines) is 1. The molecule has 1 amide bonds. The van der Waals surface area contributed by atoms with Gasteiger partial charge < -0.3 is 9.64 Å². The zero-order valence-electron chi connectivity index (χ0n) is 12.1. The SMILES string of the molecule is COC(=O)CC1CCCCN1C(=O)c1cccc(C)c1. The van der Waals surface area contributed by atoms with Crippen molar-refractivity contribution in [2.75, 3.05) is 13.7 Å². The van der Waals surface area contributed by atoms with Gasteiger partial charge in [0, 0.05) is 18.2 Å². The van der Waals surface area contributed by atoms with Gasteiger partial charge in [-0.15, -0.1) is 0 Å². The Balaban J connectivity index is 2.15. The fourth-order valence-corrected chi connectivity index (χ4v) is 2.70. The van der Waals surface area contributed by atoms with E-state index in [0.717, 1.165) is 24.8 Å². The van der Waals surface area contributed by atoms with Crippen molar-refractivity contribution < 1.29 is 14.3 Å². The summed E-state index contributed by atoms with van der Waals surface area (Å²) in [6.07, 6.45) is 3.20. The fourth-order valence-electron chi connectivity index (χ4n) is 2.70. The standard InChI is InChI=1S/C16H21NO3/c1-12-6-5-7-13(10-12)16(19)17-9-4-3-8-14(17)11-15(18)20-2/h5-7,10,14H,3-4,8-9,11H2,1-2H3. The Morgan fingerprint density at radius 3 is 2.85 bits per heavy atom. The van der Waals surface area contributed by atoms with Crippen LogP contribution >= 0.6 is 0 Å². The maximum absolute atomic E-state index is 12.6. The monoisotopic (exact) mass is 275 g/mol. The average Bonchev–Trinajstić information content (AvgIpc) is 2.47. The number of aryl methyl sites for hydroxylation is 1. The van der Waals surface area contributed by atoms with Crippen molar-refractivity contribution in [2.45, 2.75) is 38.6 Å². The van der Waals surface area contributed by atoms with E-state index in [9.17, 15) is 9.59 Å². The van der Waals surface area contributed by atoms with Crippen LogP contribution < -0.4 is 0 Å². The lowest BCUT2D eigenvalue weighted by molar-refractivity contribution is -0.142. The van der Waals surface area contributed by atoms with Crippen LogP contribution in [0.2, 0.25) is 0 Å². The molecule has 4 nitrogen and oxygen atoms in total. The quantitative estimate of drug-likeness (QED) is 0.796. The number of carbonyl (C=O) groups is 2. The van der Waals surface area contributed by atoms with Crippen LogP contribution in [0, 0.1) is 6.92 Å². The second kappa shape index (κ2) is 6.55. The summed E-state index contributed by atoms with van der Waals surface area (Å²) in [5.74, 6) is -0.235. The molecule has 1 fully saturated rings. The van der Waals surface area contributed by atoms with E-state index in [2.05, 4.69) is 0 Å². The predicted molar refractivity (Wildman–Crippen MR) is 76.5 cm³/mol. The topological polar surface area (TPSA) is 46.6 Å². The van der Waals surface area contributed by atoms with Gasteiger partial charge in [0.05, 0.1) is 13.5 Å². The lowest BCUT2D eigenvalue weighted by Crippen LogP contribution is -2.44. The van der Waals surface area contributed by atoms with E-state index in [4.69, 9.17) is 4.74 Å². The molecule has 20 heavy (non-hydrogen) atoms. The average molecular weight is 275 g/mol. The van der Waals surface area contributed by atoms with E-state index in [1.165, 1.54) is 7.11 Å². The highest BCUT2D eigenvalue weighted by molar-refractivity contribution is 5.95. The molecule has 4 heteroatoms. The molecule has 1 unspecified atom stereocenters. The molecule has 1 aromatic rings. The van der Waals surface area contributed by atoms with Crippen LogP contribution in [0.3, 0.4) is 0 Å². The number of piperidine rings is 1. The lowest BCUT2D eigenvalue weighted by Gasteiger charge is -2.35. The van der Waals surface area contributed by atoms with Crippen LogP contribution in [-0.2, 0) is 9.53 Å². The summed E-state index contributed by atoms with van der Waals surface area (Å²) >= 11 is 0. The number of amides is 1. The number of rotatable bonds is 3. The van der Waals surface area contributed by atoms with Crippen LogP contribution in [0.1, 0.15) is 41.6 Å². The molecule has 0 saturated carbocycles. The molecule has 0 aromatic heterocycles. The molecule has 1 atom stereocenters. The van der Waals surface area contributed by atoms with Gasteiger partial charge in [-0.05, 0) is 38.3 Å². The molecule has 1 heterocycles. The van der Waals surface area contributed by atoms with Gasteiger partial charge in [0.2, 0.25) is 0 Å². The van der Waals surface area contributed by atoms with Gasteiger partial charge in [-0.3, -0.25) is 9.59 Å². The van der Waals surface area contributed by atoms with Gasteiger partial charge in [-0.25, -0.2) is 0 Å². The number of hydrogen-bond acceptors (Lipinski definition) is 3. The summed E-state index contributed by atoms with van der Waals surface area (Å²) in [4.78, 5) is 25.9. The molecule has 0 bridgehead atoms. The first-order chi connectivity index (χ1) is 9.61. The maximum atomic E-state index is 12.6. The zero-order valence-corrected chi connectivity index (χ0v) is 12.1. The summed E-state index contributed by atoms with van der Waals surface area (Å²) in [7, 11) is 1.39. The second-order valence-electron chi connectivity index (χ2n) is 5.30. The predicted octanol–water partition coefficient (Wildman–Crippen LogP) is 2.55. The summed E-state index contributed by atoms with van der Waals surface area (Å²) in [6.45, 7) is 2.69. The van der Waals surface area contributed by atoms with E-state index in [1.807, 2.05) is 36.1 Å². The van der Waals surface area contributed by atoms with Gasteiger partial charge in [0.25, 0.3) is 5.91 Å². The maximum Gasteiger partial charge on any atom is 0.307 e. The number of esters is 1. The highest BCUT2D eigenvalue weighted by atomic mass is 16.5. The number of nitrogens with zero attached hydrogens (tertiary/aromatic N) is 1. The molecule has 0 aliphatic carbocycles. The minimum absolute atomic E-state index is 0.0160. The molecule has 1 aromatic carbocycles. The van der Waals surface area contributed by atoms with Crippen LogP contribution in [0.5, 0.6) is 0 Å². The van der Waals surface area contributed by atoms with Crippen molar-refractivity contribution in [2.24, 2.45) is 0 Å². The van der Waals surface area contributed by atoms with E-state index in [-0.39, 0.29) is 24.3 Å². The number of methoxy groups -OCH3 is 1. The van der Waals surface area contributed by atoms with Crippen LogP contribution in [0.15, 0.2) is 24.3 Å². The Morgan fingerprint density at radius 1 is 1.35 bits per heavy atom. The molecule has 2 rings (SSSR count). The van der Waals surface area contributed by atoms with Gasteiger partial charge in [-0.1, -0.05) is 17.7 Å². The first kappa shape index (κ1) is 14.6. The van der Waals surface area contributed by atoms with E-state index >= 15 is 0 Å². The minimum atomic E-state index is -0.251. The molecule has 0 radical (unpaired) electrons. The van der Waals surface area contributed by atoms with Crippen LogP contribution in [0.25, 0.3) is 0 Å². The largest absolute Gasteiger partial charge is 0.469 e. The van der Waals surface area contributed by atoms with Crippen molar-refractivity contribution in [3.05, 3.63) is 35.4 Å². The number of ether oxygens (including phenoxy) is 1. The fraction of sp³-hybridized carbons (Fsp3) is 0.500. The van der Waals surface area contributed by atoms with E-state index in [0.29, 0.717) is 12.1 Å². The van der Waals surface area contributed by atoms with E-state index in [1.54, 1.807) is 0 Å². The van der Waals surface area contributed by atoms with Crippen LogP contribution in [-0.4, -0.2) is 36.5 Å². The zero-order chi connectivity index (χ0) is 14.5. The smallest absolute Gasteiger partial charge is 0.307 e. The summed E-state index contributed by atoms with van der Waals surface area (Å²) < 4.78 is 4.73. The Morgan fingerprint density at radius 2 is 2.15 bits per heavy atom. The molecule has 1 saturated heterocycles. The van der Waals surface area contributed by atoms with Gasteiger partial charge in [0.15, 0.2) is 0 Å². The van der Waals surface area contributed by atoms with Crippen LogP contribution in [0.4, 0.5) is 0 Å². The third-order valence-corrected chi connectivity index (χ3v) is 3.78. The third kappa shape index (κ3) is 3.38. The van der Waals surface area contributed by atoms with Crippen molar-refractivity contribution in [1.29, 1.82) is 0 Å². The molecular weight excluding hydrogens is 254 g/mol. The number of benzene rings is 1. The summed E-state index contributed by atoms with van der Waals surface area (Å²) in [5.41, 5.74) is 1.76. The Kier molecular flexibility index (Phi) is 4.77. The second-order valence-corrected chi connectivity index (χ2v) is 5.30. The molecule has 108 valence electrons. The van der Waals surface area contributed by atoms with Crippen molar-refractivity contribution >= 4 is 11.9 Å². The van der Waals surface area contributed by atoms with Gasteiger partial charge in [0.1, 0.15) is 0 Å². The van der Waals surface area contributed by atoms with Crippen molar-refractivity contribution in [3.8, 4) is 0 Å². The van der Waals surface area contributed by atoms with Crippen molar-refractivity contribution in [1.82, 2.24) is 4.90 Å². The minimum Gasteiger partial charge on any atom is -0.469 e. The lowest BCUT2D eigenvalue weighted by atomic mass is 9.98. The van der Waals surface area contributed by atoms with E-state index < -0.39 is 0 Å². The first-order valence-electron chi connectivity index (χ1n) is 7.06. The number of hydrogen-bond donors (Lipinski definition) is 0.